The Kier molecular flexibility index (Phi) is 6.40. The summed E-state index contributed by atoms with van der Waals surface area (Å²) in [7, 11) is 1.39. The number of nitrogens with one attached hydrogen (secondary N) is 3. The van der Waals surface area contributed by atoms with Crippen molar-refractivity contribution in [1.82, 2.24) is 10.9 Å². The van der Waals surface area contributed by atoms with Gasteiger partial charge in [0.25, 0.3) is 5.91 Å². The van der Waals surface area contributed by atoms with E-state index in [4.69, 9.17) is 17.0 Å². The molecule has 2 aliphatic carbocycles. The lowest BCUT2D eigenvalue weighted by Gasteiger charge is -2.18. The number of hydrazine groups is 1. The van der Waals surface area contributed by atoms with Gasteiger partial charge in [0.05, 0.1) is 18.2 Å². The average molecular weight is 464 g/mol. The minimum atomic E-state index is -0.360. The van der Waals surface area contributed by atoms with Gasteiger partial charge in [-0.05, 0) is 74.2 Å². The van der Waals surface area contributed by atoms with E-state index in [1.807, 2.05) is 5.38 Å². The van der Waals surface area contributed by atoms with Gasteiger partial charge in [-0.2, -0.15) is 0 Å². The fourth-order valence-corrected chi connectivity index (χ4v) is 6.90. The van der Waals surface area contributed by atoms with Gasteiger partial charge in [-0.15, -0.1) is 22.7 Å². The van der Waals surface area contributed by atoms with Crippen molar-refractivity contribution in [2.75, 3.05) is 12.4 Å². The highest BCUT2D eigenvalue weighted by Gasteiger charge is 2.28. The second-order valence-electron chi connectivity index (χ2n) is 7.84. The second-order valence-corrected chi connectivity index (χ2v) is 10.3. The van der Waals surface area contributed by atoms with Gasteiger partial charge in [-0.3, -0.25) is 15.6 Å². The van der Waals surface area contributed by atoms with Crippen LogP contribution in [-0.4, -0.2) is 24.1 Å². The summed E-state index contributed by atoms with van der Waals surface area (Å²) in [5.74, 6) is 0.0442. The van der Waals surface area contributed by atoms with Crippen molar-refractivity contribution >= 4 is 56.9 Å². The van der Waals surface area contributed by atoms with Gasteiger partial charge >= 0.3 is 5.97 Å². The van der Waals surface area contributed by atoms with E-state index in [9.17, 15) is 9.59 Å². The summed E-state index contributed by atoms with van der Waals surface area (Å²) in [6.45, 7) is 2.22. The maximum atomic E-state index is 12.6. The van der Waals surface area contributed by atoms with Crippen molar-refractivity contribution in [3.05, 3.63) is 37.4 Å². The van der Waals surface area contributed by atoms with Gasteiger partial charge in [-0.25, -0.2) is 4.79 Å². The first-order valence-corrected chi connectivity index (χ1v) is 12.3. The monoisotopic (exact) mass is 463 g/mol. The van der Waals surface area contributed by atoms with Gasteiger partial charge in [0, 0.05) is 15.1 Å². The topological polar surface area (TPSA) is 79.5 Å². The number of hydrogen-bond acceptors (Lipinski definition) is 6. The van der Waals surface area contributed by atoms with E-state index < -0.39 is 0 Å². The van der Waals surface area contributed by atoms with E-state index in [1.54, 1.807) is 11.3 Å². The highest BCUT2D eigenvalue weighted by atomic mass is 32.1. The largest absolute Gasteiger partial charge is 0.465 e. The van der Waals surface area contributed by atoms with Crippen molar-refractivity contribution < 1.29 is 14.3 Å². The molecular formula is C21H25N3O3S3. The summed E-state index contributed by atoms with van der Waals surface area (Å²) in [6, 6.07) is 0. The van der Waals surface area contributed by atoms with Gasteiger partial charge in [0.15, 0.2) is 5.11 Å². The molecule has 9 heteroatoms. The Morgan fingerprint density at radius 2 is 1.93 bits per heavy atom. The number of ether oxygens (including phenoxy) is 1. The molecule has 0 saturated carbocycles. The Morgan fingerprint density at radius 1 is 1.13 bits per heavy atom. The standard InChI is InChI=1S/C21H25N3O3S3/c1-11-7-8-13-16(9-11)30-19(17(13)20(26)27-2)22-21(28)24-23-18(25)14-10-29-15-6-4-3-5-12(14)15/h10-11H,3-9H2,1-2H3,(H,23,25)(H2,22,24,28)/t11-/m0/s1. The third-order valence-corrected chi connectivity index (χ3v) is 8.19. The zero-order valence-corrected chi connectivity index (χ0v) is 19.5. The van der Waals surface area contributed by atoms with Crippen molar-refractivity contribution in [3.8, 4) is 0 Å². The second kappa shape index (κ2) is 9.03. The Hall–Kier alpha value is -1.97. The first-order chi connectivity index (χ1) is 14.5. The van der Waals surface area contributed by atoms with Crippen molar-refractivity contribution in [3.63, 3.8) is 0 Å². The molecule has 2 heterocycles. The maximum Gasteiger partial charge on any atom is 0.341 e. The Morgan fingerprint density at radius 3 is 2.73 bits per heavy atom. The van der Waals surface area contributed by atoms with E-state index in [-0.39, 0.29) is 17.0 Å². The van der Waals surface area contributed by atoms with Crippen LogP contribution < -0.4 is 16.2 Å². The lowest BCUT2D eigenvalue weighted by atomic mass is 9.88. The zero-order chi connectivity index (χ0) is 21.3. The van der Waals surface area contributed by atoms with Crippen LogP contribution in [0.5, 0.6) is 0 Å². The van der Waals surface area contributed by atoms with Crippen molar-refractivity contribution in [2.24, 2.45) is 5.92 Å². The minimum Gasteiger partial charge on any atom is -0.465 e. The molecule has 0 fully saturated rings. The van der Waals surface area contributed by atoms with E-state index in [1.165, 1.54) is 34.6 Å². The molecule has 30 heavy (non-hydrogen) atoms. The van der Waals surface area contributed by atoms with Crippen LogP contribution in [0.25, 0.3) is 0 Å². The first kappa shape index (κ1) is 21.3. The first-order valence-electron chi connectivity index (χ1n) is 10.2. The quantitative estimate of drug-likeness (QED) is 0.359. The molecule has 160 valence electrons. The summed E-state index contributed by atoms with van der Waals surface area (Å²) in [6.07, 6.45) is 7.18. The summed E-state index contributed by atoms with van der Waals surface area (Å²) in [4.78, 5) is 27.5. The highest BCUT2D eigenvalue weighted by molar-refractivity contribution is 7.80. The number of anilines is 1. The average Bonchev–Trinajstić information content (AvgIpc) is 3.32. The lowest BCUT2D eigenvalue weighted by molar-refractivity contribution is 0.0600. The molecule has 0 radical (unpaired) electrons. The summed E-state index contributed by atoms with van der Waals surface area (Å²) < 4.78 is 5.01. The summed E-state index contributed by atoms with van der Waals surface area (Å²) in [5.41, 5.74) is 8.98. The SMILES string of the molecule is COC(=O)c1c(NC(=S)NNC(=O)c2csc3c2CCCC3)sc2c1CC[C@H](C)C2. The Labute approximate surface area is 189 Å². The lowest BCUT2D eigenvalue weighted by Crippen LogP contribution is -2.44. The third-order valence-electron chi connectivity index (χ3n) is 5.72. The number of rotatable bonds is 3. The number of hydrogen-bond donors (Lipinski definition) is 3. The van der Waals surface area contributed by atoms with Crippen LogP contribution >= 0.6 is 34.9 Å². The maximum absolute atomic E-state index is 12.6. The molecule has 0 aromatic carbocycles. The third kappa shape index (κ3) is 4.24. The highest BCUT2D eigenvalue weighted by Crippen LogP contribution is 2.40. The number of amides is 1. The summed E-state index contributed by atoms with van der Waals surface area (Å²) >= 11 is 8.56. The predicted octanol–water partition coefficient (Wildman–Crippen LogP) is 4.23. The number of carbonyl (C=O) groups is 2. The van der Waals surface area contributed by atoms with Gasteiger partial charge in [-0.1, -0.05) is 6.92 Å². The van der Waals surface area contributed by atoms with Gasteiger partial charge < -0.3 is 10.1 Å². The van der Waals surface area contributed by atoms with Gasteiger partial charge in [0.1, 0.15) is 5.00 Å². The van der Waals surface area contributed by atoms with E-state index in [0.29, 0.717) is 16.5 Å². The normalized spacial score (nSPS) is 17.5. The van der Waals surface area contributed by atoms with Crippen LogP contribution in [0, 0.1) is 5.92 Å². The van der Waals surface area contributed by atoms with E-state index >= 15 is 0 Å². The molecule has 0 unspecified atom stereocenters. The van der Waals surface area contributed by atoms with Crippen LogP contribution in [0.3, 0.4) is 0 Å². The smallest absolute Gasteiger partial charge is 0.341 e. The number of aryl methyl sites for hydroxylation is 1. The van der Waals surface area contributed by atoms with Crippen LogP contribution in [0.1, 0.15) is 67.8 Å². The molecule has 1 amide bonds. The van der Waals surface area contributed by atoms with Crippen LogP contribution in [0.15, 0.2) is 5.38 Å². The molecule has 2 aliphatic rings. The van der Waals surface area contributed by atoms with E-state index in [2.05, 4.69) is 23.1 Å². The number of carbonyl (C=O) groups excluding carboxylic acids is 2. The molecule has 0 bridgehead atoms. The molecular weight excluding hydrogens is 438 g/mol. The number of esters is 1. The Bertz CT molecular complexity index is 995. The molecule has 0 saturated heterocycles. The molecule has 0 aliphatic heterocycles. The van der Waals surface area contributed by atoms with Crippen LogP contribution in [0.4, 0.5) is 5.00 Å². The van der Waals surface area contributed by atoms with Crippen molar-refractivity contribution in [2.45, 2.75) is 51.9 Å². The molecule has 2 aromatic rings. The van der Waals surface area contributed by atoms with Crippen molar-refractivity contribution in [1.29, 1.82) is 0 Å². The molecule has 1 atom stereocenters. The number of thiophene rings is 2. The number of fused-ring (bicyclic) bond motifs is 2. The van der Waals surface area contributed by atoms with Crippen LogP contribution in [-0.2, 0) is 30.4 Å². The molecule has 2 aromatic heterocycles. The number of thiocarbonyl (C=S) groups is 1. The van der Waals surface area contributed by atoms with Crippen LogP contribution in [0.2, 0.25) is 0 Å². The molecule has 4 rings (SSSR count). The summed E-state index contributed by atoms with van der Waals surface area (Å²) in [5, 5.41) is 5.92. The fraction of sp³-hybridized carbons (Fsp3) is 0.476. The van der Waals surface area contributed by atoms with E-state index in [0.717, 1.165) is 55.2 Å². The molecule has 0 spiro atoms. The predicted molar refractivity (Wildman–Crippen MR) is 125 cm³/mol. The zero-order valence-electron chi connectivity index (χ0n) is 17.1. The minimum absolute atomic E-state index is 0.189. The number of methoxy groups -OCH3 is 1. The molecule has 6 nitrogen and oxygen atoms in total. The van der Waals surface area contributed by atoms with Gasteiger partial charge in [0.2, 0.25) is 0 Å². The Balaban J connectivity index is 1.43. The fourth-order valence-electron chi connectivity index (χ4n) is 4.16. The molecule has 3 N–H and O–H groups in total.